The minimum atomic E-state index is -0.412. The number of hydrogen-bond donors (Lipinski definition) is 1. The van der Waals surface area contributed by atoms with Crippen LogP contribution in [0.5, 0.6) is 0 Å². The van der Waals surface area contributed by atoms with Crippen molar-refractivity contribution in [3.8, 4) is 0 Å². The first-order chi connectivity index (χ1) is 6.18. The van der Waals surface area contributed by atoms with Crippen LogP contribution in [0.25, 0.3) is 0 Å². The zero-order valence-electron chi connectivity index (χ0n) is 7.78. The summed E-state index contributed by atoms with van der Waals surface area (Å²) in [7, 11) is 0. The SMILES string of the molecule is CC(C)OC(=O)NCC1=NN=CC1. The molecule has 5 nitrogen and oxygen atoms in total. The lowest BCUT2D eigenvalue weighted by molar-refractivity contribution is 0.117. The molecule has 0 fully saturated rings. The third-order valence-electron chi connectivity index (χ3n) is 1.39. The van der Waals surface area contributed by atoms with Crippen LogP contribution in [-0.4, -0.2) is 30.7 Å². The van der Waals surface area contributed by atoms with Gasteiger partial charge in [-0.25, -0.2) is 4.79 Å². The molecule has 1 aliphatic rings. The Morgan fingerprint density at radius 3 is 3.08 bits per heavy atom. The molecule has 0 radical (unpaired) electrons. The van der Waals surface area contributed by atoms with Crippen LogP contribution in [0.2, 0.25) is 0 Å². The van der Waals surface area contributed by atoms with E-state index in [1.807, 2.05) is 0 Å². The number of ether oxygens (including phenoxy) is 1. The molecule has 13 heavy (non-hydrogen) atoms. The number of carbonyl (C=O) groups excluding carboxylic acids is 1. The van der Waals surface area contributed by atoms with Gasteiger partial charge in [-0.05, 0) is 13.8 Å². The molecule has 0 bridgehead atoms. The van der Waals surface area contributed by atoms with Crippen molar-refractivity contribution in [2.75, 3.05) is 6.54 Å². The van der Waals surface area contributed by atoms with E-state index in [0.29, 0.717) is 13.0 Å². The number of nitrogens with zero attached hydrogens (tertiary/aromatic N) is 2. The Morgan fingerprint density at radius 1 is 1.77 bits per heavy atom. The van der Waals surface area contributed by atoms with Gasteiger partial charge in [0.2, 0.25) is 0 Å². The summed E-state index contributed by atoms with van der Waals surface area (Å²) in [5.41, 5.74) is 0.848. The van der Waals surface area contributed by atoms with Gasteiger partial charge in [-0.15, -0.1) is 0 Å². The summed E-state index contributed by atoms with van der Waals surface area (Å²) in [5, 5.41) is 10.1. The van der Waals surface area contributed by atoms with E-state index in [4.69, 9.17) is 4.74 Å². The van der Waals surface area contributed by atoms with Crippen LogP contribution in [0.3, 0.4) is 0 Å². The van der Waals surface area contributed by atoms with E-state index in [1.54, 1.807) is 20.1 Å². The smallest absolute Gasteiger partial charge is 0.407 e. The normalized spacial score (nSPS) is 14.5. The fraction of sp³-hybridized carbons (Fsp3) is 0.625. The molecule has 1 heterocycles. The average molecular weight is 183 g/mol. The number of amides is 1. The summed E-state index contributed by atoms with van der Waals surface area (Å²) in [5.74, 6) is 0. The van der Waals surface area contributed by atoms with Crippen LogP contribution in [0.4, 0.5) is 4.79 Å². The van der Waals surface area contributed by atoms with Gasteiger partial charge in [-0.2, -0.15) is 10.2 Å². The van der Waals surface area contributed by atoms with Crippen molar-refractivity contribution in [2.45, 2.75) is 26.4 Å². The Hall–Kier alpha value is -1.39. The summed E-state index contributed by atoms with van der Waals surface area (Å²) < 4.78 is 4.86. The van der Waals surface area contributed by atoms with Crippen LogP contribution in [0, 0.1) is 0 Å². The van der Waals surface area contributed by atoms with Crippen LogP contribution in [0.15, 0.2) is 10.2 Å². The van der Waals surface area contributed by atoms with Crippen LogP contribution < -0.4 is 5.32 Å². The summed E-state index contributed by atoms with van der Waals surface area (Å²) in [4.78, 5) is 11.0. The van der Waals surface area contributed by atoms with E-state index in [0.717, 1.165) is 5.71 Å². The van der Waals surface area contributed by atoms with Gasteiger partial charge in [-0.3, -0.25) is 0 Å². The average Bonchev–Trinajstić information content (AvgIpc) is 2.51. The molecule has 0 aromatic heterocycles. The lowest BCUT2D eigenvalue weighted by atomic mass is 10.3. The third kappa shape index (κ3) is 3.68. The highest BCUT2D eigenvalue weighted by Crippen LogP contribution is 1.94. The first-order valence-corrected chi connectivity index (χ1v) is 4.20. The Bertz CT molecular complexity index is 246. The standard InChI is InChI=1S/C8H13N3O2/c1-6(2)13-8(12)9-5-7-3-4-10-11-7/h4,6H,3,5H2,1-2H3,(H,9,12). The molecule has 0 aliphatic carbocycles. The quantitative estimate of drug-likeness (QED) is 0.708. The van der Waals surface area contributed by atoms with Crippen LogP contribution in [-0.2, 0) is 4.74 Å². The van der Waals surface area contributed by atoms with Gasteiger partial charge in [0.05, 0.1) is 18.4 Å². The summed E-state index contributed by atoms with van der Waals surface area (Å²) in [6.07, 6.45) is 1.90. The molecule has 5 heteroatoms. The van der Waals surface area contributed by atoms with Crippen molar-refractivity contribution in [2.24, 2.45) is 10.2 Å². The van der Waals surface area contributed by atoms with Crippen molar-refractivity contribution in [3.63, 3.8) is 0 Å². The molecule has 0 saturated heterocycles. The lowest BCUT2D eigenvalue weighted by Gasteiger charge is -2.08. The van der Waals surface area contributed by atoms with Crippen molar-refractivity contribution in [3.05, 3.63) is 0 Å². The second-order valence-electron chi connectivity index (χ2n) is 2.98. The second kappa shape index (κ2) is 4.59. The highest BCUT2D eigenvalue weighted by Gasteiger charge is 2.07. The number of nitrogens with one attached hydrogen (secondary N) is 1. The molecule has 1 amide bonds. The van der Waals surface area contributed by atoms with E-state index in [2.05, 4.69) is 15.5 Å². The maximum Gasteiger partial charge on any atom is 0.407 e. The van der Waals surface area contributed by atoms with E-state index in [-0.39, 0.29) is 6.10 Å². The first-order valence-electron chi connectivity index (χ1n) is 4.20. The van der Waals surface area contributed by atoms with Crippen molar-refractivity contribution in [1.82, 2.24) is 5.32 Å². The first kappa shape index (κ1) is 9.70. The van der Waals surface area contributed by atoms with Gasteiger partial charge in [0, 0.05) is 12.6 Å². The predicted molar refractivity (Wildman–Crippen MR) is 50.2 cm³/mol. The maximum absolute atomic E-state index is 11.0. The Morgan fingerprint density at radius 2 is 2.54 bits per heavy atom. The second-order valence-corrected chi connectivity index (χ2v) is 2.98. The molecule has 1 rings (SSSR count). The summed E-state index contributed by atoms with van der Waals surface area (Å²) in [6.45, 7) is 4.01. The molecular formula is C8H13N3O2. The van der Waals surface area contributed by atoms with Crippen molar-refractivity contribution < 1.29 is 9.53 Å². The molecule has 0 unspecified atom stereocenters. The number of carbonyl (C=O) groups is 1. The van der Waals surface area contributed by atoms with E-state index >= 15 is 0 Å². The topological polar surface area (TPSA) is 63.0 Å². The monoisotopic (exact) mass is 183 g/mol. The van der Waals surface area contributed by atoms with Gasteiger partial charge in [0.1, 0.15) is 0 Å². The van der Waals surface area contributed by atoms with E-state index in [1.165, 1.54) is 0 Å². The summed E-state index contributed by atoms with van der Waals surface area (Å²) in [6, 6.07) is 0. The molecular weight excluding hydrogens is 170 g/mol. The highest BCUT2D eigenvalue weighted by molar-refractivity contribution is 6.00. The fourth-order valence-corrected chi connectivity index (χ4v) is 0.847. The van der Waals surface area contributed by atoms with Gasteiger partial charge in [0.15, 0.2) is 0 Å². The van der Waals surface area contributed by atoms with Gasteiger partial charge in [0.25, 0.3) is 0 Å². The van der Waals surface area contributed by atoms with Gasteiger partial charge < -0.3 is 10.1 Å². The Labute approximate surface area is 76.9 Å². The lowest BCUT2D eigenvalue weighted by Crippen LogP contribution is -2.31. The van der Waals surface area contributed by atoms with Crippen LogP contribution >= 0.6 is 0 Å². The van der Waals surface area contributed by atoms with Gasteiger partial charge in [-0.1, -0.05) is 0 Å². The number of rotatable bonds is 3. The maximum atomic E-state index is 11.0. The molecule has 72 valence electrons. The minimum Gasteiger partial charge on any atom is -0.447 e. The summed E-state index contributed by atoms with van der Waals surface area (Å²) >= 11 is 0. The van der Waals surface area contributed by atoms with Crippen LogP contribution in [0.1, 0.15) is 20.3 Å². The molecule has 0 atom stereocenters. The molecule has 0 aromatic carbocycles. The van der Waals surface area contributed by atoms with Crippen molar-refractivity contribution >= 4 is 18.0 Å². The molecule has 0 spiro atoms. The van der Waals surface area contributed by atoms with Gasteiger partial charge >= 0.3 is 6.09 Å². The zero-order chi connectivity index (χ0) is 9.68. The van der Waals surface area contributed by atoms with E-state index in [9.17, 15) is 4.79 Å². The number of alkyl carbamates (subject to hydrolysis) is 1. The largest absolute Gasteiger partial charge is 0.447 e. The fourth-order valence-electron chi connectivity index (χ4n) is 0.847. The Kier molecular flexibility index (Phi) is 3.42. The van der Waals surface area contributed by atoms with E-state index < -0.39 is 6.09 Å². The van der Waals surface area contributed by atoms with Crippen molar-refractivity contribution in [1.29, 1.82) is 0 Å². The minimum absolute atomic E-state index is 0.0956. The molecule has 0 aromatic rings. The molecule has 0 saturated carbocycles. The Balaban J connectivity index is 2.15. The number of hydrogen-bond acceptors (Lipinski definition) is 4. The molecule has 1 aliphatic heterocycles. The predicted octanol–water partition coefficient (Wildman–Crippen LogP) is 0.952. The molecule has 1 N–H and O–H groups in total. The highest BCUT2D eigenvalue weighted by atomic mass is 16.6. The third-order valence-corrected chi connectivity index (χ3v) is 1.39. The zero-order valence-corrected chi connectivity index (χ0v) is 7.78.